The van der Waals surface area contributed by atoms with Gasteiger partial charge in [-0.25, -0.2) is 4.39 Å². The highest BCUT2D eigenvalue weighted by molar-refractivity contribution is 5.95. The summed E-state index contributed by atoms with van der Waals surface area (Å²) < 4.78 is 14.2. The Morgan fingerprint density at radius 3 is 2.76 bits per heavy atom. The van der Waals surface area contributed by atoms with E-state index in [1.165, 1.54) is 31.7 Å². The second-order valence-electron chi connectivity index (χ2n) is 6.82. The molecule has 0 spiro atoms. The molecule has 21 heavy (non-hydrogen) atoms. The first-order valence-corrected chi connectivity index (χ1v) is 7.76. The molecule has 3 atom stereocenters. The third-order valence-corrected chi connectivity index (χ3v) is 5.25. The fourth-order valence-corrected chi connectivity index (χ4v) is 4.19. The Morgan fingerprint density at radius 2 is 2.14 bits per heavy atom. The molecule has 2 N–H and O–H groups in total. The molecule has 114 valence electrons. The van der Waals surface area contributed by atoms with Crippen LogP contribution in [0.1, 0.15) is 41.6 Å². The van der Waals surface area contributed by atoms with Gasteiger partial charge in [0, 0.05) is 19.3 Å². The van der Waals surface area contributed by atoms with Gasteiger partial charge in [0.2, 0.25) is 0 Å². The van der Waals surface area contributed by atoms with Crippen molar-refractivity contribution in [3.05, 3.63) is 29.1 Å². The van der Waals surface area contributed by atoms with Crippen LogP contribution in [0.3, 0.4) is 0 Å². The van der Waals surface area contributed by atoms with Crippen molar-refractivity contribution in [3.63, 3.8) is 0 Å². The summed E-state index contributed by atoms with van der Waals surface area (Å²) in [7, 11) is 1.77. The van der Waals surface area contributed by atoms with Gasteiger partial charge in [-0.05, 0) is 61.6 Å². The maximum absolute atomic E-state index is 14.2. The van der Waals surface area contributed by atoms with Crippen molar-refractivity contribution in [3.8, 4) is 0 Å². The number of benzene rings is 1. The van der Waals surface area contributed by atoms with E-state index in [-0.39, 0.29) is 11.5 Å². The van der Waals surface area contributed by atoms with Crippen LogP contribution in [0.15, 0.2) is 12.1 Å². The predicted molar refractivity (Wildman–Crippen MR) is 81.4 cm³/mol. The molecule has 2 fully saturated rings. The largest absolute Gasteiger partial charge is 0.399 e. The van der Waals surface area contributed by atoms with Crippen LogP contribution in [0.5, 0.6) is 0 Å². The van der Waals surface area contributed by atoms with Crippen molar-refractivity contribution in [2.45, 2.75) is 32.6 Å². The Morgan fingerprint density at radius 1 is 1.38 bits per heavy atom. The van der Waals surface area contributed by atoms with E-state index in [1.54, 1.807) is 24.9 Å². The lowest BCUT2D eigenvalue weighted by Crippen LogP contribution is -2.34. The molecule has 2 bridgehead atoms. The predicted octanol–water partition coefficient (Wildman–Crippen LogP) is 3.22. The normalized spacial score (nSPS) is 27.1. The molecule has 0 heterocycles. The summed E-state index contributed by atoms with van der Waals surface area (Å²) >= 11 is 0. The zero-order valence-electron chi connectivity index (χ0n) is 12.7. The molecular formula is C17H23FN2O. The molecule has 2 saturated carbocycles. The van der Waals surface area contributed by atoms with Gasteiger partial charge in [0.15, 0.2) is 0 Å². The summed E-state index contributed by atoms with van der Waals surface area (Å²) in [6, 6.07) is 3.00. The van der Waals surface area contributed by atoms with Crippen molar-refractivity contribution in [1.82, 2.24) is 4.90 Å². The first kappa shape index (κ1) is 14.4. The summed E-state index contributed by atoms with van der Waals surface area (Å²) in [6.45, 7) is 2.37. The van der Waals surface area contributed by atoms with Crippen LogP contribution in [0.25, 0.3) is 0 Å². The molecule has 2 aliphatic rings. The molecule has 0 radical (unpaired) electrons. The number of hydrogen-bond donors (Lipinski definition) is 1. The summed E-state index contributed by atoms with van der Waals surface area (Å²) in [5, 5.41) is 0. The number of carbonyl (C=O) groups is 1. The fourth-order valence-electron chi connectivity index (χ4n) is 4.19. The number of fused-ring (bicyclic) bond motifs is 2. The van der Waals surface area contributed by atoms with Gasteiger partial charge in [-0.3, -0.25) is 4.79 Å². The second kappa shape index (κ2) is 5.32. The summed E-state index contributed by atoms with van der Waals surface area (Å²) in [6.07, 6.45) is 5.18. The Labute approximate surface area is 125 Å². The second-order valence-corrected chi connectivity index (χ2v) is 6.82. The monoisotopic (exact) mass is 290 g/mol. The molecule has 3 nitrogen and oxygen atoms in total. The molecule has 0 saturated heterocycles. The first-order valence-electron chi connectivity index (χ1n) is 7.76. The van der Waals surface area contributed by atoms with Gasteiger partial charge < -0.3 is 10.6 Å². The van der Waals surface area contributed by atoms with Gasteiger partial charge in [-0.1, -0.05) is 6.42 Å². The Bertz CT molecular complexity index is 572. The molecule has 1 amide bonds. The van der Waals surface area contributed by atoms with Crippen molar-refractivity contribution < 1.29 is 9.18 Å². The number of nitrogens with two attached hydrogens (primary N) is 1. The summed E-state index contributed by atoms with van der Waals surface area (Å²) in [4.78, 5) is 14.2. The van der Waals surface area contributed by atoms with Crippen molar-refractivity contribution in [2.24, 2.45) is 17.8 Å². The Hall–Kier alpha value is -1.58. The van der Waals surface area contributed by atoms with Gasteiger partial charge >= 0.3 is 0 Å². The summed E-state index contributed by atoms with van der Waals surface area (Å²) in [5.41, 5.74) is 6.70. The Kier molecular flexibility index (Phi) is 3.64. The highest BCUT2D eigenvalue weighted by Gasteiger charge is 2.40. The van der Waals surface area contributed by atoms with Crippen LogP contribution in [-0.4, -0.2) is 24.4 Å². The number of anilines is 1. The molecule has 2 aliphatic carbocycles. The van der Waals surface area contributed by atoms with E-state index in [2.05, 4.69) is 0 Å². The molecule has 0 aliphatic heterocycles. The zero-order valence-corrected chi connectivity index (χ0v) is 12.7. The van der Waals surface area contributed by atoms with E-state index in [9.17, 15) is 9.18 Å². The molecule has 3 unspecified atom stereocenters. The first-order chi connectivity index (χ1) is 9.95. The molecular weight excluding hydrogens is 267 g/mol. The number of amides is 1. The maximum Gasteiger partial charge on any atom is 0.256 e. The van der Waals surface area contributed by atoms with Crippen LogP contribution in [0.2, 0.25) is 0 Å². The number of halogens is 1. The van der Waals surface area contributed by atoms with Crippen molar-refractivity contribution in [2.75, 3.05) is 19.3 Å². The average molecular weight is 290 g/mol. The average Bonchev–Trinajstić information content (AvgIpc) is 3.04. The SMILES string of the molecule is Cc1cc(N)cc(C(=O)N(C)CC2CC3CCC2C3)c1F. The standard InChI is InChI=1S/C17H23FN2O/c1-10-5-14(19)8-15(16(10)18)17(21)20(2)9-13-7-11-3-4-12(13)6-11/h5,8,11-13H,3-4,6-7,9,19H2,1-2H3. The molecule has 0 aromatic heterocycles. The third kappa shape index (κ3) is 2.63. The van der Waals surface area contributed by atoms with Crippen molar-refractivity contribution >= 4 is 11.6 Å². The van der Waals surface area contributed by atoms with E-state index < -0.39 is 5.82 Å². The number of nitrogen functional groups attached to an aromatic ring is 1. The maximum atomic E-state index is 14.2. The minimum atomic E-state index is -0.450. The van der Waals surface area contributed by atoms with Crippen molar-refractivity contribution in [1.29, 1.82) is 0 Å². The zero-order chi connectivity index (χ0) is 15.1. The summed E-state index contributed by atoms with van der Waals surface area (Å²) in [5.74, 6) is 1.50. The molecule has 3 rings (SSSR count). The van der Waals surface area contributed by atoms with Gasteiger partial charge in [-0.2, -0.15) is 0 Å². The quantitative estimate of drug-likeness (QED) is 0.869. The topological polar surface area (TPSA) is 46.3 Å². The number of carbonyl (C=O) groups excluding carboxylic acids is 1. The number of rotatable bonds is 3. The lowest BCUT2D eigenvalue weighted by Gasteiger charge is -2.27. The van der Waals surface area contributed by atoms with Gasteiger partial charge in [-0.15, -0.1) is 0 Å². The third-order valence-electron chi connectivity index (χ3n) is 5.25. The fraction of sp³-hybridized carbons (Fsp3) is 0.588. The number of aryl methyl sites for hydroxylation is 1. The lowest BCUT2D eigenvalue weighted by molar-refractivity contribution is 0.0749. The minimum absolute atomic E-state index is 0.0955. The van der Waals surface area contributed by atoms with E-state index in [4.69, 9.17) is 5.73 Å². The number of nitrogens with zero attached hydrogens (tertiary/aromatic N) is 1. The highest BCUT2D eigenvalue weighted by Crippen LogP contribution is 2.48. The Balaban J connectivity index is 1.73. The smallest absolute Gasteiger partial charge is 0.256 e. The van der Waals surface area contributed by atoms with E-state index in [0.29, 0.717) is 17.2 Å². The van der Waals surface area contributed by atoms with Gasteiger partial charge in [0.25, 0.3) is 5.91 Å². The van der Waals surface area contributed by atoms with E-state index in [0.717, 1.165) is 18.4 Å². The minimum Gasteiger partial charge on any atom is -0.399 e. The van der Waals surface area contributed by atoms with Gasteiger partial charge in [0.05, 0.1) is 5.56 Å². The van der Waals surface area contributed by atoms with Crippen LogP contribution in [0, 0.1) is 30.5 Å². The molecule has 1 aromatic carbocycles. The van der Waals surface area contributed by atoms with Gasteiger partial charge in [0.1, 0.15) is 5.82 Å². The van der Waals surface area contributed by atoms with Crippen LogP contribution >= 0.6 is 0 Å². The highest BCUT2D eigenvalue weighted by atomic mass is 19.1. The van der Waals surface area contributed by atoms with E-state index >= 15 is 0 Å². The molecule has 1 aromatic rings. The lowest BCUT2D eigenvalue weighted by atomic mass is 9.88. The molecule has 4 heteroatoms. The van der Waals surface area contributed by atoms with Crippen LogP contribution < -0.4 is 5.73 Å². The van der Waals surface area contributed by atoms with E-state index in [1.807, 2.05) is 0 Å². The number of hydrogen-bond acceptors (Lipinski definition) is 2. The van der Waals surface area contributed by atoms with Crippen LogP contribution in [0.4, 0.5) is 10.1 Å². The van der Waals surface area contributed by atoms with Crippen LogP contribution in [-0.2, 0) is 0 Å².